The van der Waals surface area contributed by atoms with Crippen LogP contribution in [0.1, 0.15) is 6.42 Å². The summed E-state index contributed by atoms with van der Waals surface area (Å²) in [6.07, 6.45) is 0.880. The van der Waals surface area contributed by atoms with Crippen molar-refractivity contribution in [2.45, 2.75) is 10.6 Å². The lowest BCUT2D eigenvalue weighted by atomic mass is 10.5. The van der Waals surface area contributed by atoms with E-state index in [1.807, 2.05) is 0 Å². The SMILES string of the molecule is O=S(=O)(c1cccs1)N1CCCN1. The van der Waals surface area contributed by atoms with Crippen LogP contribution in [0.4, 0.5) is 0 Å². The van der Waals surface area contributed by atoms with E-state index in [1.54, 1.807) is 17.5 Å². The third kappa shape index (κ3) is 1.62. The molecule has 1 N–H and O–H groups in total. The van der Waals surface area contributed by atoms with Crippen LogP contribution in [0.3, 0.4) is 0 Å². The maximum atomic E-state index is 11.8. The van der Waals surface area contributed by atoms with Crippen molar-refractivity contribution in [1.29, 1.82) is 0 Å². The minimum absolute atomic E-state index is 0.405. The minimum atomic E-state index is -3.25. The molecular formula is C7H10N2O2S2. The van der Waals surface area contributed by atoms with Gasteiger partial charge >= 0.3 is 0 Å². The van der Waals surface area contributed by atoms with Gasteiger partial charge in [0.15, 0.2) is 0 Å². The largest absolute Gasteiger partial charge is 0.265 e. The van der Waals surface area contributed by atoms with Gasteiger partial charge in [-0.2, -0.15) is 0 Å². The molecule has 0 amide bonds. The smallest absolute Gasteiger partial charge is 0.241 e. The van der Waals surface area contributed by atoms with E-state index in [4.69, 9.17) is 0 Å². The van der Waals surface area contributed by atoms with E-state index in [1.165, 1.54) is 15.8 Å². The molecule has 0 aromatic carbocycles. The number of hydrogen-bond donors (Lipinski definition) is 1. The van der Waals surface area contributed by atoms with Gasteiger partial charge in [-0.1, -0.05) is 6.07 Å². The van der Waals surface area contributed by atoms with E-state index in [2.05, 4.69) is 5.43 Å². The standard InChI is InChI=1S/C7H10N2O2S2/c10-13(11,7-3-1-6-12-7)9-5-2-4-8-9/h1,3,6,8H,2,4-5H2. The van der Waals surface area contributed by atoms with Gasteiger partial charge in [0.25, 0.3) is 10.0 Å². The van der Waals surface area contributed by atoms with Crippen LogP contribution in [-0.4, -0.2) is 25.9 Å². The molecule has 0 spiro atoms. The molecule has 1 saturated heterocycles. The van der Waals surface area contributed by atoms with Gasteiger partial charge in [0.2, 0.25) is 0 Å². The fourth-order valence-electron chi connectivity index (χ4n) is 1.23. The maximum Gasteiger partial charge on any atom is 0.265 e. The van der Waals surface area contributed by atoms with E-state index >= 15 is 0 Å². The Labute approximate surface area is 81.2 Å². The third-order valence-corrected chi connectivity index (χ3v) is 4.98. The number of rotatable bonds is 2. The van der Waals surface area contributed by atoms with E-state index < -0.39 is 10.0 Å². The molecule has 0 saturated carbocycles. The molecule has 1 aromatic heterocycles. The van der Waals surface area contributed by atoms with E-state index in [0.29, 0.717) is 10.8 Å². The summed E-state index contributed by atoms with van der Waals surface area (Å²) >= 11 is 1.25. The predicted molar refractivity (Wildman–Crippen MR) is 50.8 cm³/mol. The average Bonchev–Trinajstić information content (AvgIpc) is 2.78. The normalized spacial score (nSPS) is 19.4. The Balaban J connectivity index is 2.30. The van der Waals surface area contributed by atoms with Crippen molar-refractivity contribution in [3.8, 4) is 0 Å². The van der Waals surface area contributed by atoms with Crippen molar-refractivity contribution in [3.63, 3.8) is 0 Å². The van der Waals surface area contributed by atoms with E-state index in [-0.39, 0.29) is 0 Å². The van der Waals surface area contributed by atoms with Gasteiger partial charge in [-0.3, -0.25) is 0 Å². The van der Waals surface area contributed by atoms with E-state index in [0.717, 1.165) is 13.0 Å². The fourth-order valence-corrected chi connectivity index (χ4v) is 3.70. The van der Waals surface area contributed by atoms with Crippen LogP contribution in [0.25, 0.3) is 0 Å². The number of sulfonamides is 1. The second-order valence-electron chi connectivity index (χ2n) is 2.77. The lowest BCUT2D eigenvalue weighted by Gasteiger charge is -2.13. The first-order valence-corrected chi connectivity index (χ1v) is 6.33. The fraction of sp³-hybridized carbons (Fsp3) is 0.429. The molecule has 1 aliphatic rings. The van der Waals surface area contributed by atoms with Crippen LogP contribution in [0.2, 0.25) is 0 Å². The average molecular weight is 218 g/mol. The second kappa shape index (κ2) is 3.38. The summed E-state index contributed by atoms with van der Waals surface area (Å²) in [5, 5.41) is 1.77. The molecule has 2 rings (SSSR count). The lowest BCUT2D eigenvalue weighted by molar-refractivity contribution is 0.400. The molecule has 6 heteroatoms. The molecule has 1 aliphatic heterocycles. The zero-order chi connectivity index (χ0) is 9.31. The number of hydrazine groups is 1. The van der Waals surface area contributed by atoms with Crippen molar-refractivity contribution in [1.82, 2.24) is 9.84 Å². The van der Waals surface area contributed by atoms with E-state index in [9.17, 15) is 8.42 Å². The molecule has 0 unspecified atom stereocenters. The molecule has 2 heterocycles. The first-order chi connectivity index (χ1) is 6.21. The molecule has 0 aliphatic carbocycles. The Bertz CT molecular complexity index is 365. The highest BCUT2D eigenvalue weighted by Gasteiger charge is 2.27. The molecule has 13 heavy (non-hydrogen) atoms. The first-order valence-electron chi connectivity index (χ1n) is 4.01. The van der Waals surface area contributed by atoms with Crippen molar-refractivity contribution in [2.75, 3.05) is 13.1 Å². The molecule has 0 bridgehead atoms. The van der Waals surface area contributed by atoms with Crippen molar-refractivity contribution in [3.05, 3.63) is 17.5 Å². The van der Waals surface area contributed by atoms with Crippen molar-refractivity contribution >= 4 is 21.4 Å². The summed E-state index contributed by atoms with van der Waals surface area (Å²) in [7, 11) is -3.25. The highest BCUT2D eigenvalue weighted by molar-refractivity contribution is 7.91. The number of nitrogens with zero attached hydrogens (tertiary/aromatic N) is 1. The summed E-state index contributed by atoms with van der Waals surface area (Å²) in [6, 6.07) is 3.37. The maximum absolute atomic E-state index is 11.8. The van der Waals surface area contributed by atoms with Crippen LogP contribution in [0.5, 0.6) is 0 Å². The van der Waals surface area contributed by atoms with Gasteiger partial charge in [0.05, 0.1) is 0 Å². The van der Waals surface area contributed by atoms with Gasteiger partial charge in [0, 0.05) is 13.1 Å². The lowest BCUT2D eigenvalue weighted by Crippen LogP contribution is -2.36. The van der Waals surface area contributed by atoms with Crippen LogP contribution in [-0.2, 0) is 10.0 Å². The summed E-state index contributed by atoms with van der Waals surface area (Å²) < 4.78 is 25.3. The quantitative estimate of drug-likeness (QED) is 0.793. The predicted octanol–water partition coefficient (Wildman–Crippen LogP) is 0.647. The highest BCUT2D eigenvalue weighted by Crippen LogP contribution is 2.20. The van der Waals surface area contributed by atoms with Crippen LogP contribution >= 0.6 is 11.3 Å². The molecule has 0 radical (unpaired) electrons. The van der Waals surface area contributed by atoms with Gasteiger partial charge in [-0.25, -0.2) is 13.8 Å². The number of nitrogens with one attached hydrogen (secondary N) is 1. The molecule has 4 nitrogen and oxygen atoms in total. The first kappa shape index (κ1) is 9.14. The molecular weight excluding hydrogens is 208 g/mol. The Morgan fingerprint density at radius 3 is 2.92 bits per heavy atom. The van der Waals surface area contributed by atoms with Gasteiger partial charge in [-0.15, -0.1) is 15.8 Å². The van der Waals surface area contributed by atoms with Crippen LogP contribution in [0, 0.1) is 0 Å². The van der Waals surface area contributed by atoms with Crippen molar-refractivity contribution < 1.29 is 8.42 Å². The third-order valence-electron chi connectivity index (χ3n) is 1.87. The number of hydrogen-bond acceptors (Lipinski definition) is 4. The van der Waals surface area contributed by atoms with Crippen LogP contribution < -0.4 is 5.43 Å². The molecule has 1 aromatic rings. The Hall–Kier alpha value is -0.430. The van der Waals surface area contributed by atoms with Gasteiger partial charge < -0.3 is 0 Å². The van der Waals surface area contributed by atoms with Gasteiger partial charge in [0.1, 0.15) is 4.21 Å². The Kier molecular flexibility index (Phi) is 2.37. The topological polar surface area (TPSA) is 49.4 Å². The van der Waals surface area contributed by atoms with Crippen LogP contribution in [0.15, 0.2) is 21.7 Å². The van der Waals surface area contributed by atoms with Crippen molar-refractivity contribution in [2.24, 2.45) is 0 Å². The highest BCUT2D eigenvalue weighted by atomic mass is 32.2. The zero-order valence-electron chi connectivity index (χ0n) is 6.93. The summed E-state index contributed by atoms with van der Waals surface area (Å²) in [5.41, 5.74) is 2.84. The minimum Gasteiger partial charge on any atom is -0.241 e. The number of thiophene rings is 1. The second-order valence-corrected chi connectivity index (χ2v) is 5.81. The molecule has 1 fully saturated rings. The molecule has 72 valence electrons. The summed E-state index contributed by atoms with van der Waals surface area (Å²) in [6.45, 7) is 1.31. The monoisotopic (exact) mass is 218 g/mol. The molecule has 0 atom stereocenters. The summed E-state index contributed by atoms with van der Waals surface area (Å²) in [4.78, 5) is 0. The van der Waals surface area contributed by atoms with Gasteiger partial charge in [-0.05, 0) is 17.9 Å². The summed E-state index contributed by atoms with van der Waals surface area (Å²) in [5.74, 6) is 0. The zero-order valence-corrected chi connectivity index (χ0v) is 8.57. The Morgan fingerprint density at radius 1 is 1.54 bits per heavy atom. The Morgan fingerprint density at radius 2 is 2.38 bits per heavy atom.